The third-order valence-electron chi connectivity index (χ3n) is 5.92. The van der Waals surface area contributed by atoms with Crippen LogP contribution in [-0.2, 0) is 29.0 Å². The summed E-state index contributed by atoms with van der Waals surface area (Å²) in [5.74, 6) is 0.248. The second-order valence-corrected chi connectivity index (χ2v) is 9.07. The van der Waals surface area contributed by atoms with Gasteiger partial charge in [0.05, 0.1) is 23.8 Å². The molecule has 3 aromatic rings. The molecule has 7 nitrogen and oxygen atoms in total. The van der Waals surface area contributed by atoms with Gasteiger partial charge in [-0.25, -0.2) is 4.98 Å². The lowest BCUT2D eigenvalue weighted by Gasteiger charge is -2.22. The van der Waals surface area contributed by atoms with Crippen molar-refractivity contribution < 1.29 is 14.3 Å². The molecule has 0 unspecified atom stereocenters. The fourth-order valence-electron chi connectivity index (χ4n) is 4.14. The van der Waals surface area contributed by atoms with Crippen LogP contribution in [0.5, 0.6) is 0 Å². The molecule has 4 rings (SSSR count). The van der Waals surface area contributed by atoms with Crippen LogP contribution in [0.2, 0.25) is 0 Å². The topological polar surface area (TPSA) is 81.5 Å². The zero-order valence-corrected chi connectivity index (χ0v) is 19.2. The van der Waals surface area contributed by atoms with E-state index < -0.39 is 0 Å². The molecule has 8 heteroatoms. The van der Waals surface area contributed by atoms with Gasteiger partial charge in [-0.1, -0.05) is 36.8 Å². The molecule has 0 saturated carbocycles. The van der Waals surface area contributed by atoms with Crippen LogP contribution in [0.15, 0.2) is 35.1 Å². The maximum absolute atomic E-state index is 13.6. The van der Waals surface area contributed by atoms with Crippen molar-refractivity contribution in [2.75, 3.05) is 13.7 Å². The summed E-state index contributed by atoms with van der Waals surface area (Å²) in [6, 6.07) is 9.65. The van der Waals surface area contributed by atoms with Crippen LogP contribution in [-0.4, -0.2) is 40.0 Å². The Balaban J connectivity index is 1.71. The Labute approximate surface area is 190 Å². The summed E-state index contributed by atoms with van der Waals surface area (Å²) >= 11 is 1.27. The zero-order valence-electron chi connectivity index (χ0n) is 18.4. The van der Waals surface area contributed by atoms with E-state index >= 15 is 0 Å². The standard InChI is InChI=1S/C24H27N3O4S/c1-16-20-22(25-18-11-7-4-8-13-27(18)23(20)29)32-21(16)24(30)26(14-12-19(28)31-2)15-17-9-5-3-6-10-17/h3,5-6,9-10H,4,7-8,11-15H2,1-2H3. The lowest BCUT2D eigenvalue weighted by atomic mass is 10.1. The molecule has 0 fully saturated rings. The largest absolute Gasteiger partial charge is 0.469 e. The summed E-state index contributed by atoms with van der Waals surface area (Å²) in [4.78, 5) is 46.1. The number of thiophene rings is 1. The van der Waals surface area contributed by atoms with Crippen LogP contribution < -0.4 is 5.56 Å². The molecule has 1 aliphatic heterocycles. The highest BCUT2D eigenvalue weighted by Crippen LogP contribution is 2.30. The first-order valence-corrected chi connectivity index (χ1v) is 11.7. The third kappa shape index (κ3) is 4.46. The average molecular weight is 454 g/mol. The second kappa shape index (κ2) is 9.65. The first-order valence-electron chi connectivity index (χ1n) is 10.9. The summed E-state index contributed by atoms with van der Waals surface area (Å²) < 4.78 is 6.54. The first-order chi connectivity index (χ1) is 15.5. The maximum atomic E-state index is 13.6. The Morgan fingerprint density at radius 1 is 1.19 bits per heavy atom. The maximum Gasteiger partial charge on any atom is 0.307 e. The van der Waals surface area contributed by atoms with Gasteiger partial charge in [-0.2, -0.15) is 0 Å². The van der Waals surface area contributed by atoms with Crippen LogP contribution in [0.4, 0.5) is 0 Å². The molecule has 0 N–H and O–H groups in total. The van der Waals surface area contributed by atoms with Gasteiger partial charge in [0.2, 0.25) is 0 Å². The molecule has 32 heavy (non-hydrogen) atoms. The zero-order chi connectivity index (χ0) is 22.7. The van der Waals surface area contributed by atoms with Crippen molar-refractivity contribution in [3.8, 4) is 0 Å². The predicted molar refractivity (Wildman–Crippen MR) is 124 cm³/mol. The smallest absolute Gasteiger partial charge is 0.307 e. The minimum atomic E-state index is -0.368. The van der Waals surface area contributed by atoms with Gasteiger partial charge >= 0.3 is 5.97 Å². The lowest BCUT2D eigenvalue weighted by Crippen LogP contribution is -2.32. The van der Waals surface area contributed by atoms with Crippen LogP contribution in [0.3, 0.4) is 0 Å². The fourth-order valence-corrected chi connectivity index (χ4v) is 5.30. The van der Waals surface area contributed by atoms with Crippen LogP contribution >= 0.6 is 11.3 Å². The number of amides is 1. The SMILES string of the molecule is COC(=O)CCN(Cc1ccccc1)C(=O)c1sc2nc3n(c(=O)c2c1C)CCCCC3. The second-order valence-electron chi connectivity index (χ2n) is 8.07. The van der Waals surface area contributed by atoms with E-state index in [1.165, 1.54) is 18.4 Å². The number of rotatable bonds is 6. The van der Waals surface area contributed by atoms with Crippen LogP contribution in [0.25, 0.3) is 10.2 Å². The van der Waals surface area contributed by atoms with Gasteiger partial charge < -0.3 is 9.64 Å². The molecule has 1 amide bonds. The summed E-state index contributed by atoms with van der Waals surface area (Å²) in [5, 5.41) is 0.539. The number of aryl methyl sites for hydroxylation is 2. The number of fused-ring (bicyclic) bond motifs is 2. The van der Waals surface area contributed by atoms with Gasteiger partial charge in [0.15, 0.2) is 0 Å². The van der Waals surface area contributed by atoms with Gasteiger partial charge in [-0.05, 0) is 30.9 Å². The number of ether oxygens (including phenoxy) is 1. The molecule has 0 spiro atoms. The number of methoxy groups -OCH3 is 1. The number of carbonyl (C=O) groups is 2. The molecular weight excluding hydrogens is 426 g/mol. The van der Waals surface area contributed by atoms with Crippen molar-refractivity contribution in [1.82, 2.24) is 14.5 Å². The van der Waals surface area contributed by atoms with Crippen molar-refractivity contribution in [3.05, 3.63) is 62.5 Å². The fraction of sp³-hybridized carbons (Fsp3) is 0.417. The highest BCUT2D eigenvalue weighted by Gasteiger charge is 2.26. The number of nitrogens with zero attached hydrogens (tertiary/aromatic N) is 3. The minimum Gasteiger partial charge on any atom is -0.469 e. The van der Waals surface area contributed by atoms with E-state index in [-0.39, 0.29) is 30.4 Å². The predicted octanol–water partition coefficient (Wildman–Crippen LogP) is 3.70. The molecule has 1 aromatic carbocycles. The molecule has 168 valence electrons. The molecule has 2 aromatic heterocycles. The number of esters is 1. The van der Waals surface area contributed by atoms with Crippen molar-refractivity contribution in [1.29, 1.82) is 0 Å². The summed E-state index contributed by atoms with van der Waals surface area (Å²) in [5.41, 5.74) is 1.58. The number of carbonyl (C=O) groups excluding carboxylic acids is 2. The normalized spacial score (nSPS) is 13.4. The Bertz CT molecular complexity index is 1200. The van der Waals surface area contributed by atoms with Gasteiger partial charge in [0, 0.05) is 26.1 Å². The quantitative estimate of drug-likeness (QED) is 0.532. The molecule has 0 radical (unpaired) electrons. The summed E-state index contributed by atoms with van der Waals surface area (Å²) in [7, 11) is 1.34. The molecular formula is C24H27N3O4S. The Kier molecular flexibility index (Phi) is 6.69. The number of benzene rings is 1. The van der Waals surface area contributed by atoms with E-state index in [2.05, 4.69) is 0 Å². The monoisotopic (exact) mass is 453 g/mol. The molecule has 0 aliphatic carbocycles. The van der Waals surface area contributed by atoms with E-state index in [0.717, 1.165) is 37.1 Å². The van der Waals surface area contributed by atoms with Gasteiger partial charge in [0.1, 0.15) is 10.7 Å². The highest BCUT2D eigenvalue weighted by atomic mass is 32.1. The molecule has 0 saturated heterocycles. The third-order valence-corrected chi connectivity index (χ3v) is 7.10. The Morgan fingerprint density at radius 2 is 1.97 bits per heavy atom. The van der Waals surface area contributed by atoms with Crippen molar-refractivity contribution in [2.24, 2.45) is 0 Å². The molecule has 0 atom stereocenters. The highest BCUT2D eigenvalue weighted by molar-refractivity contribution is 7.20. The summed E-state index contributed by atoms with van der Waals surface area (Å²) in [6.45, 7) is 3.10. The van der Waals surface area contributed by atoms with Crippen molar-refractivity contribution >= 4 is 33.4 Å². The van der Waals surface area contributed by atoms with Gasteiger partial charge in [0.25, 0.3) is 11.5 Å². The Hall–Kier alpha value is -3.00. The first kappa shape index (κ1) is 22.2. The summed E-state index contributed by atoms with van der Waals surface area (Å²) in [6.07, 6.45) is 3.96. The van der Waals surface area contributed by atoms with Gasteiger partial charge in [-0.15, -0.1) is 11.3 Å². The molecule has 0 bridgehead atoms. The minimum absolute atomic E-state index is 0.0520. The molecule has 1 aliphatic rings. The van der Waals surface area contributed by atoms with Crippen molar-refractivity contribution in [2.45, 2.75) is 52.1 Å². The number of aromatic nitrogens is 2. The average Bonchev–Trinajstić information content (AvgIpc) is 2.97. The van der Waals surface area contributed by atoms with Gasteiger partial charge in [-0.3, -0.25) is 19.0 Å². The van der Waals surface area contributed by atoms with Crippen LogP contribution in [0.1, 0.15) is 52.3 Å². The van der Waals surface area contributed by atoms with E-state index in [4.69, 9.17) is 9.72 Å². The number of hydrogen-bond acceptors (Lipinski definition) is 6. The van der Waals surface area contributed by atoms with E-state index in [1.54, 1.807) is 9.47 Å². The lowest BCUT2D eigenvalue weighted by molar-refractivity contribution is -0.140. The van der Waals surface area contributed by atoms with E-state index in [9.17, 15) is 14.4 Å². The van der Waals surface area contributed by atoms with E-state index in [1.807, 2.05) is 37.3 Å². The van der Waals surface area contributed by atoms with E-state index in [0.29, 0.717) is 33.7 Å². The van der Waals surface area contributed by atoms with Crippen LogP contribution in [0, 0.1) is 6.92 Å². The van der Waals surface area contributed by atoms with Crippen molar-refractivity contribution in [3.63, 3.8) is 0 Å². The Morgan fingerprint density at radius 3 is 2.72 bits per heavy atom. The number of hydrogen-bond donors (Lipinski definition) is 0. The molecule has 3 heterocycles.